The van der Waals surface area contributed by atoms with Crippen molar-refractivity contribution < 1.29 is 14.3 Å². The highest BCUT2D eigenvalue weighted by Crippen LogP contribution is 2.33. The Morgan fingerprint density at radius 1 is 1.04 bits per heavy atom. The molecule has 0 unspecified atom stereocenters. The van der Waals surface area contributed by atoms with Crippen LogP contribution < -0.4 is 20.1 Å². The van der Waals surface area contributed by atoms with E-state index in [0.29, 0.717) is 17.1 Å². The highest BCUT2D eigenvalue weighted by Gasteiger charge is 2.13. The maximum Gasteiger partial charge on any atom is 0.251 e. The van der Waals surface area contributed by atoms with Crippen molar-refractivity contribution in [2.75, 3.05) is 27.2 Å². The van der Waals surface area contributed by atoms with E-state index in [2.05, 4.69) is 22.8 Å². The van der Waals surface area contributed by atoms with Gasteiger partial charge in [0.15, 0.2) is 11.5 Å². The zero-order valence-corrected chi connectivity index (χ0v) is 14.0. The third-order valence-corrected chi connectivity index (χ3v) is 4.20. The molecule has 5 heteroatoms. The van der Waals surface area contributed by atoms with Gasteiger partial charge in [0.25, 0.3) is 5.91 Å². The van der Waals surface area contributed by atoms with Gasteiger partial charge in [-0.05, 0) is 67.4 Å². The van der Waals surface area contributed by atoms with Crippen LogP contribution in [0.25, 0.3) is 0 Å². The van der Waals surface area contributed by atoms with Crippen LogP contribution in [0, 0.1) is 0 Å². The van der Waals surface area contributed by atoms with Gasteiger partial charge in [-0.15, -0.1) is 0 Å². The minimum atomic E-state index is -0.155. The maximum atomic E-state index is 11.7. The van der Waals surface area contributed by atoms with E-state index < -0.39 is 0 Å². The molecule has 0 spiro atoms. The second-order valence-electron chi connectivity index (χ2n) is 5.73. The minimum Gasteiger partial charge on any atom is -0.493 e. The van der Waals surface area contributed by atoms with Crippen LogP contribution in [0.4, 0.5) is 0 Å². The van der Waals surface area contributed by atoms with Gasteiger partial charge in [-0.3, -0.25) is 4.79 Å². The van der Waals surface area contributed by atoms with E-state index >= 15 is 0 Å². The monoisotopic (exact) mass is 326 g/mol. The molecule has 0 bridgehead atoms. The number of carbonyl (C=O) groups is 1. The Bertz CT molecular complexity index is 743. The van der Waals surface area contributed by atoms with Gasteiger partial charge in [0.05, 0.1) is 7.11 Å². The Morgan fingerprint density at radius 2 is 1.83 bits per heavy atom. The third-order valence-electron chi connectivity index (χ3n) is 4.20. The van der Waals surface area contributed by atoms with Crippen molar-refractivity contribution in [2.24, 2.45) is 0 Å². The number of ether oxygens (including phenoxy) is 2. The molecule has 0 fully saturated rings. The summed E-state index contributed by atoms with van der Waals surface area (Å²) < 4.78 is 11.4. The van der Waals surface area contributed by atoms with E-state index in [4.69, 9.17) is 9.47 Å². The SMILES string of the molecule is CNC(=O)c1ccc(Oc2ccc3c(c2)CCNCC3)c(OC)c1. The molecule has 3 rings (SSSR count). The lowest BCUT2D eigenvalue weighted by atomic mass is 10.0. The summed E-state index contributed by atoms with van der Waals surface area (Å²) in [7, 11) is 3.17. The van der Waals surface area contributed by atoms with Crippen molar-refractivity contribution in [3.8, 4) is 17.2 Å². The minimum absolute atomic E-state index is 0.155. The molecular weight excluding hydrogens is 304 g/mol. The molecule has 2 N–H and O–H groups in total. The fourth-order valence-corrected chi connectivity index (χ4v) is 2.88. The van der Waals surface area contributed by atoms with Crippen LogP contribution in [-0.2, 0) is 12.8 Å². The summed E-state index contributed by atoms with van der Waals surface area (Å²) >= 11 is 0. The van der Waals surface area contributed by atoms with Crippen LogP contribution in [-0.4, -0.2) is 33.2 Å². The average Bonchev–Trinajstić information content (AvgIpc) is 2.86. The lowest BCUT2D eigenvalue weighted by Crippen LogP contribution is -2.17. The predicted octanol–water partition coefficient (Wildman–Crippen LogP) is 2.54. The number of methoxy groups -OCH3 is 1. The first-order valence-corrected chi connectivity index (χ1v) is 8.12. The Kier molecular flexibility index (Phi) is 5.01. The first-order valence-electron chi connectivity index (χ1n) is 8.12. The van der Waals surface area contributed by atoms with E-state index in [0.717, 1.165) is 31.7 Å². The van der Waals surface area contributed by atoms with E-state index in [-0.39, 0.29) is 5.91 Å². The standard InChI is InChI=1S/C19H22N2O3/c1-20-19(22)15-4-6-17(18(12-15)23-2)24-16-5-3-13-7-9-21-10-8-14(13)11-16/h3-6,11-12,21H,7-10H2,1-2H3,(H,20,22). The van der Waals surface area contributed by atoms with Crippen molar-refractivity contribution in [2.45, 2.75) is 12.8 Å². The number of hydrogen-bond acceptors (Lipinski definition) is 4. The summed E-state index contributed by atoms with van der Waals surface area (Å²) in [5.74, 6) is 1.75. The van der Waals surface area contributed by atoms with Crippen LogP contribution in [0.3, 0.4) is 0 Å². The molecule has 5 nitrogen and oxygen atoms in total. The number of benzene rings is 2. The van der Waals surface area contributed by atoms with Crippen molar-refractivity contribution in [1.82, 2.24) is 10.6 Å². The number of fused-ring (bicyclic) bond motifs is 1. The second kappa shape index (κ2) is 7.36. The average molecular weight is 326 g/mol. The molecule has 2 aromatic carbocycles. The van der Waals surface area contributed by atoms with Gasteiger partial charge in [-0.2, -0.15) is 0 Å². The Hall–Kier alpha value is -2.53. The fourth-order valence-electron chi connectivity index (χ4n) is 2.88. The molecule has 126 valence electrons. The van der Waals surface area contributed by atoms with Gasteiger partial charge in [0.1, 0.15) is 5.75 Å². The van der Waals surface area contributed by atoms with Crippen molar-refractivity contribution in [3.63, 3.8) is 0 Å². The van der Waals surface area contributed by atoms with Gasteiger partial charge >= 0.3 is 0 Å². The lowest BCUT2D eigenvalue weighted by Gasteiger charge is -2.13. The van der Waals surface area contributed by atoms with Crippen LogP contribution >= 0.6 is 0 Å². The number of carbonyl (C=O) groups excluding carboxylic acids is 1. The summed E-state index contributed by atoms with van der Waals surface area (Å²) in [5, 5.41) is 6.01. The highest BCUT2D eigenvalue weighted by atomic mass is 16.5. The van der Waals surface area contributed by atoms with Crippen molar-refractivity contribution in [1.29, 1.82) is 0 Å². The molecule has 1 heterocycles. The zero-order chi connectivity index (χ0) is 16.9. The molecule has 0 atom stereocenters. The Balaban J connectivity index is 1.85. The number of amides is 1. The molecule has 0 radical (unpaired) electrons. The molecule has 24 heavy (non-hydrogen) atoms. The van der Waals surface area contributed by atoms with Crippen molar-refractivity contribution in [3.05, 3.63) is 53.1 Å². The highest BCUT2D eigenvalue weighted by molar-refractivity contribution is 5.94. The van der Waals surface area contributed by atoms with Gasteiger partial charge < -0.3 is 20.1 Å². The van der Waals surface area contributed by atoms with Crippen molar-refractivity contribution >= 4 is 5.91 Å². The van der Waals surface area contributed by atoms with Gasteiger partial charge in [0, 0.05) is 12.6 Å². The summed E-state index contributed by atoms with van der Waals surface area (Å²) in [6, 6.07) is 11.4. The predicted molar refractivity (Wildman–Crippen MR) is 93.2 cm³/mol. The molecule has 0 aromatic heterocycles. The molecule has 1 aliphatic rings. The zero-order valence-electron chi connectivity index (χ0n) is 14.0. The molecule has 1 aliphatic heterocycles. The molecule has 0 saturated heterocycles. The summed E-state index contributed by atoms with van der Waals surface area (Å²) in [6.07, 6.45) is 2.04. The molecule has 0 aliphatic carbocycles. The molecule has 2 aromatic rings. The van der Waals surface area contributed by atoms with E-state index in [9.17, 15) is 4.79 Å². The number of hydrogen-bond donors (Lipinski definition) is 2. The largest absolute Gasteiger partial charge is 0.493 e. The smallest absolute Gasteiger partial charge is 0.251 e. The summed E-state index contributed by atoms with van der Waals surface area (Å²) in [5.41, 5.74) is 3.22. The Morgan fingerprint density at radius 3 is 2.58 bits per heavy atom. The van der Waals surface area contributed by atoms with Gasteiger partial charge in [0.2, 0.25) is 0 Å². The fraction of sp³-hybridized carbons (Fsp3) is 0.316. The normalized spacial score (nSPS) is 13.6. The van der Waals surface area contributed by atoms with E-state index in [1.807, 2.05) is 6.07 Å². The Labute approximate surface area is 142 Å². The molecule has 0 saturated carbocycles. The second-order valence-corrected chi connectivity index (χ2v) is 5.73. The van der Waals surface area contributed by atoms with Crippen LogP contribution in [0.15, 0.2) is 36.4 Å². The quantitative estimate of drug-likeness (QED) is 0.906. The first kappa shape index (κ1) is 16.3. The molecular formula is C19H22N2O3. The lowest BCUT2D eigenvalue weighted by molar-refractivity contribution is 0.0962. The number of rotatable bonds is 4. The number of nitrogens with one attached hydrogen (secondary N) is 2. The van der Waals surface area contributed by atoms with Crippen LogP contribution in [0.5, 0.6) is 17.2 Å². The van der Waals surface area contributed by atoms with E-state index in [1.54, 1.807) is 32.4 Å². The van der Waals surface area contributed by atoms with Crippen LogP contribution in [0.2, 0.25) is 0 Å². The van der Waals surface area contributed by atoms with Gasteiger partial charge in [-0.1, -0.05) is 6.07 Å². The summed E-state index contributed by atoms with van der Waals surface area (Å²) in [4.78, 5) is 11.7. The third kappa shape index (κ3) is 3.51. The maximum absolute atomic E-state index is 11.7. The van der Waals surface area contributed by atoms with Crippen LogP contribution in [0.1, 0.15) is 21.5 Å². The first-order chi connectivity index (χ1) is 11.7. The summed E-state index contributed by atoms with van der Waals surface area (Å²) in [6.45, 7) is 2.00. The topological polar surface area (TPSA) is 59.6 Å². The molecule has 1 amide bonds. The van der Waals surface area contributed by atoms with Gasteiger partial charge in [-0.25, -0.2) is 0 Å². The van der Waals surface area contributed by atoms with E-state index in [1.165, 1.54) is 11.1 Å².